The molecular weight excluding hydrogens is 234 g/mol. The highest BCUT2D eigenvalue weighted by Crippen LogP contribution is 2.29. The van der Waals surface area contributed by atoms with Crippen molar-refractivity contribution in [2.75, 3.05) is 26.7 Å². The first kappa shape index (κ1) is 14.9. The highest BCUT2D eigenvalue weighted by atomic mass is 16.4. The molecule has 1 amide bonds. The minimum atomic E-state index is -1.05. The van der Waals surface area contributed by atoms with E-state index in [1.54, 1.807) is 0 Å². The van der Waals surface area contributed by atoms with Gasteiger partial charge in [-0.3, -0.25) is 9.59 Å². The van der Waals surface area contributed by atoms with Crippen molar-refractivity contribution >= 4 is 11.9 Å². The first-order valence-electron chi connectivity index (χ1n) is 6.26. The van der Waals surface area contributed by atoms with Crippen molar-refractivity contribution in [2.24, 2.45) is 11.1 Å². The fraction of sp³-hybridized carbons (Fsp3) is 0.833. The van der Waals surface area contributed by atoms with Crippen LogP contribution in [0.15, 0.2) is 0 Å². The summed E-state index contributed by atoms with van der Waals surface area (Å²) in [6.07, 6.45) is 1.72. The van der Waals surface area contributed by atoms with Gasteiger partial charge in [-0.2, -0.15) is 0 Å². The van der Waals surface area contributed by atoms with Crippen LogP contribution in [0.5, 0.6) is 0 Å². The monoisotopic (exact) mass is 257 g/mol. The van der Waals surface area contributed by atoms with Crippen LogP contribution in [0.3, 0.4) is 0 Å². The van der Waals surface area contributed by atoms with Gasteiger partial charge < -0.3 is 21.1 Å². The lowest BCUT2D eigenvalue weighted by Gasteiger charge is -2.38. The van der Waals surface area contributed by atoms with Gasteiger partial charge in [0.05, 0.1) is 12.5 Å². The summed E-state index contributed by atoms with van der Waals surface area (Å²) in [6, 6.07) is -0.961. The third kappa shape index (κ3) is 4.62. The van der Waals surface area contributed by atoms with E-state index < -0.39 is 12.0 Å². The Morgan fingerprint density at radius 1 is 1.44 bits per heavy atom. The van der Waals surface area contributed by atoms with Gasteiger partial charge in [0, 0.05) is 6.54 Å². The third-order valence-corrected chi connectivity index (χ3v) is 3.61. The maximum absolute atomic E-state index is 11.6. The van der Waals surface area contributed by atoms with Crippen molar-refractivity contribution in [2.45, 2.75) is 32.2 Å². The Bertz CT molecular complexity index is 312. The molecule has 0 aliphatic carbocycles. The van der Waals surface area contributed by atoms with Crippen LogP contribution in [0, 0.1) is 5.41 Å². The number of hydrogen-bond acceptors (Lipinski definition) is 4. The molecule has 1 rings (SSSR count). The molecule has 1 aliphatic heterocycles. The van der Waals surface area contributed by atoms with Gasteiger partial charge in [0.2, 0.25) is 5.91 Å². The number of amides is 1. The number of nitrogens with two attached hydrogens (primary N) is 1. The molecule has 1 saturated heterocycles. The molecule has 0 saturated carbocycles. The molecule has 1 aliphatic rings. The summed E-state index contributed by atoms with van der Waals surface area (Å²) in [4.78, 5) is 24.3. The van der Waals surface area contributed by atoms with Crippen molar-refractivity contribution in [3.8, 4) is 0 Å². The van der Waals surface area contributed by atoms with Gasteiger partial charge in [-0.05, 0) is 38.4 Å². The Labute approximate surface area is 108 Å². The number of carbonyl (C=O) groups excluding carboxylic acids is 1. The lowest BCUT2D eigenvalue weighted by molar-refractivity contribution is -0.139. The molecule has 6 heteroatoms. The Kier molecular flexibility index (Phi) is 5.10. The van der Waals surface area contributed by atoms with Crippen LogP contribution in [0.2, 0.25) is 0 Å². The van der Waals surface area contributed by atoms with Gasteiger partial charge in [0.25, 0.3) is 0 Å². The molecule has 0 bridgehead atoms. The number of rotatable bonds is 5. The molecule has 1 heterocycles. The number of aliphatic carboxylic acids is 1. The zero-order valence-corrected chi connectivity index (χ0v) is 11.1. The third-order valence-electron chi connectivity index (χ3n) is 3.61. The maximum Gasteiger partial charge on any atom is 0.305 e. The van der Waals surface area contributed by atoms with Crippen LogP contribution in [0.1, 0.15) is 26.2 Å². The molecule has 0 aromatic heterocycles. The maximum atomic E-state index is 11.6. The average Bonchev–Trinajstić information content (AvgIpc) is 2.29. The number of likely N-dealkylation sites (tertiary alicyclic amines) is 1. The van der Waals surface area contributed by atoms with Gasteiger partial charge in [-0.25, -0.2) is 0 Å². The van der Waals surface area contributed by atoms with Crippen LogP contribution in [-0.2, 0) is 9.59 Å². The van der Waals surface area contributed by atoms with E-state index in [2.05, 4.69) is 24.2 Å². The second kappa shape index (κ2) is 6.15. The highest BCUT2D eigenvalue weighted by molar-refractivity contribution is 5.85. The summed E-state index contributed by atoms with van der Waals surface area (Å²) >= 11 is 0. The normalized spacial score (nSPS) is 21.3. The Hall–Kier alpha value is -1.14. The summed E-state index contributed by atoms with van der Waals surface area (Å²) in [5.41, 5.74) is 5.59. The molecule has 104 valence electrons. The Morgan fingerprint density at radius 2 is 2.00 bits per heavy atom. The van der Waals surface area contributed by atoms with E-state index in [1.165, 1.54) is 0 Å². The lowest BCUT2D eigenvalue weighted by atomic mass is 9.80. The van der Waals surface area contributed by atoms with E-state index >= 15 is 0 Å². The zero-order chi connectivity index (χ0) is 13.8. The van der Waals surface area contributed by atoms with Gasteiger partial charge in [-0.1, -0.05) is 6.92 Å². The van der Waals surface area contributed by atoms with Crippen LogP contribution < -0.4 is 11.1 Å². The minimum absolute atomic E-state index is 0.0884. The fourth-order valence-electron chi connectivity index (χ4n) is 2.05. The summed E-state index contributed by atoms with van der Waals surface area (Å²) in [7, 11) is 2.08. The molecule has 0 aromatic rings. The van der Waals surface area contributed by atoms with Crippen molar-refractivity contribution in [3.05, 3.63) is 0 Å². The van der Waals surface area contributed by atoms with E-state index in [9.17, 15) is 9.59 Å². The van der Waals surface area contributed by atoms with Crippen molar-refractivity contribution < 1.29 is 14.7 Å². The van der Waals surface area contributed by atoms with E-state index in [0.717, 1.165) is 25.9 Å². The van der Waals surface area contributed by atoms with E-state index in [1.807, 2.05) is 0 Å². The van der Waals surface area contributed by atoms with Gasteiger partial charge in [0.1, 0.15) is 0 Å². The lowest BCUT2D eigenvalue weighted by Crippen LogP contribution is -2.48. The van der Waals surface area contributed by atoms with Crippen molar-refractivity contribution in [3.63, 3.8) is 0 Å². The molecular formula is C12H23N3O3. The summed E-state index contributed by atoms with van der Waals surface area (Å²) in [6.45, 7) is 4.75. The number of carboxylic acid groups (broad SMARTS) is 1. The summed E-state index contributed by atoms with van der Waals surface area (Å²) in [5, 5.41) is 11.3. The Balaban J connectivity index is 2.35. The van der Waals surface area contributed by atoms with Gasteiger partial charge >= 0.3 is 5.97 Å². The van der Waals surface area contributed by atoms with E-state index in [4.69, 9.17) is 10.8 Å². The van der Waals surface area contributed by atoms with Gasteiger partial charge in [-0.15, -0.1) is 0 Å². The quantitative estimate of drug-likeness (QED) is 0.625. The minimum Gasteiger partial charge on any atom is -0.481 e. The second-order valence-corrected chi connectivity index (χ2v) is 5.54. The van der Waals surface area contributed by atoms with Crippen molar-refractivity contribution in [1.29, 1.82) is 0 Å². The zero-order valence-electron chi connectivity index (χ0n) is 11.1. The van der Waals surface area contributed by atoms with Gasteiger partial charge in [0.15, 0.2) is 0 Å². The van der Waals surface area contributed by atoms with E-state index in [-0.39, 0.29) is 17.7 Å². The molecule has 1 fully saturated rings. The largest absolute Gasteiger partial charge is 0.481 e. The SMILES string of the molecule is CN1CCC(C)(CNC(=O)C(N)CC(=O)O)CC1. The molecule has 0 spiro atoms. The first-order valence-corrected chi connectivity index (χ1v) is 6.26. The standard InChI is InChI=1S/C12H23N3O3/c1-12(3-5-15(2)6-4-12)8-14-11(18)9(13)7-10(16)17/h9H,3-8,13H2,1-2H3,(H,14,18)(H,16,17). The predicted octanol–water partition coefficient (Wildman–Crippen LogP) is -0.363. The molecule has 1 unspecified atom stereocenters. The molecule has 0 radical (unpaired) electrons. The summed E-state index contributed by atoms with van der Waals surface area (Å²) in [5.74, 6) is -1.43. The summed E-state index contributed by atoms with van der Waals surface area (Å²) < 4.78 is 0. The molecule has 1 atom stereocenters. The van der Waals surface area contributed by atoms with Crippen LogP contribution in [0.4, 0.5) is 0 Å². The molecule has 6 nitrogen and oxygen atoms in total. The van der Waals surface area contributed by atoms with Crippen LogP contribution in [-0.4, -0.2) is 54.6 Å². The number of hydrogen-bond donors (Lipinski definition) is 3. The Morgan fingerprint density at radius 3 is 2.50 bits per heavy atom. The van der Waals surface area contributed by atoms with Crippen molar-refractivity contribution in [1.82, 2.24) is 10.2 Å². The highest BCUT2D eigenvalue weighted by Gasteiger charge is 2.29. The first-order chi connectivity index (χ1) is 8.32. The number of piperidine rings is 1. The average molecular weight is 257 g/mol. The second-order valence-electron chi connectivity index (χ2n) is 5.54. The molecule has 18 heavy (non-hydrogen) atoms. The molecule has 0 aromatic carbocycles. The predicted molar refractivity (Wildman–Crippen MR) is 68.1 cm³/mol. The smallest absolute Gasteiger partial charge is 0.305 e. The van der Waals surface area contributed by atoms with Crippen LogP contribution in [0.25, 0.3) is 0 Å². The molecule has 4 N–H and O–H groups in total. The van der Waals surface area contributed by atoms with E-state index in [0.29, 0.717) is 6.54 Å². The number of nitrogens with one attached hydrogen (secondary N) is 1. The number of nitrogens with zero attached hydrogens (tertiary/aromatic N) is 1. The number of carboxylic acids is 1. The topological polar surface area (TPSA) is 95.7 Å². The number of carbonyl (C=O) groups is 2. The van der Waals surface area contributed by atoms with Crippen LogP contribution >= 0.6 is 0 Å². The fourth-order valence-corrected chi connectivity index (χ4v) is 2.05.